The van der Waals surface area contributed by atoms with E-state index >= 15 is 0 Å². The fourth-order valence-electron chi connectivity index (χ4n) is 2.19. The van der Waals surface area contributed by atoms with Gasteiger partial charge in [-0.25, -0.2) is 0 Å². The van der Waals surface area contributed by atoms with E-state index < -0.39 is 0 Å². The Bertz CT molecular complexity index is 744. The van der Waals surface area contributed by atoms with Crippen molar-refractivity contribution in [3.63, 3.8) is 0 Å². The fourth-order valence-corrected chi connectivity index (χ4v) is 3.53. The molecule has 3 aromatic rings. The van der Waals surface area contributed by atoms with Gasteiger partial charge in [0.1, 0.15) is 0 Å². The van der Waals surface area contributed by atoms with Crippen molar-refractivity contribution >= 4 is 55.7 Å². The Balaban J connectivity index is 1.89. The van der Waals surface area contributed by atoms with E-state index in [-0.39, 0.29) is 0 Å². The van der Waals surface area contributed by atoms with E-state index in [0.29, 0.717) is 16.6 Å². The van der Waals surface area contributed by atoms with E-state index in [1.165, 1.54) is 10.9 Å². The Morgan fingerprint density at radius 1 is 1.10 bits per heavy atom. The zero-order valence-corrected chi connectivity index (χ0v) is 13.5. The number of benzene rings is 2. The first-order valence-electron chi connectivity index (χ1n) is 6.08. The van der Waals surface area contributed by atoms with Gasteiger partial charge in [0.25, 0.3) is 0 Å². The summed E-state index contributed by atoms with van der Waals surface area (Å²) in [5.74, 6) is 0. The summed E-state index contributed by atoms with van der Waals surface area (Å²) in [5, 5.41) is 5.69. The molecule has 0 saturated heterocycles. The summed E-state index contributed by atoms with van der Waals surface area (Å²) in [6.07, 6.45) is 1.94. The summed E-state index contributed by atoms with van der Waals surface area (Å²) in [6.45, 7) is 0.652. The molecule has 0 saturated carbocycles. The first-order chi connectivity index (χ1) is 9.65. The van der Waals surface area contributed by atoms with Gasteiger partial charge in [0.05, 0.1) is 21.2 Å². The Hall–Kier alpha value is -1.16. The molecule has 0 unspecified atom stereocenters. The average molecular weight is 370 g/mol. The number of aromatic nitrogens is 1. The standard InChI is InChI=1S/C15H11BrCl2N2/c16-11-6-12(17)15(13(18)7-11)20-8-10-3-1-2-9-4-5-19-14(9)10/h1-7,19-20H,8H2. The number of halogens is 3. The molecule has 1 heterocycles. The SMILES string of the molecule is Clc1cc(Br)cc(Cl)c1NCc1cccc2cc[nH]c12. The Morgan fingerprint density at radius 2 is 1.85 bits per heavy atom. The van der Waals surface area contributed by atoms with Gasteiger partial charge >= 0.3 is 0 Å². The van der Waals surface area contributed by atoms with Gasteiger partial charge in [0.15, 0.2) is 0 Å². The van der Waals surface area contributed by atoms with E-state index in [4.69, 9.17) is 23.2 Å². The zero-order chi connectivity index (χ0) is 14.1. The molecule has 0 atom stereocenters. The number of nitrogens with one attached hydrogen (secondary N) is 2. The molecule has 1 aromatic heterocycles. The summed E-state index contributed by atoms with van der Waals surface area (Å²) >= 11 is 15.8. The number of fused-ring (bicyclic) bond motifs is 1. The van der Waals surface area contributed by atoms with Crippen LogP contribution < -0.4 is 5.32 Å². The molecule has 0 bridgehead atoms. The topological polar surface area (TPSA) is 27.8 Å². The van der Waals surface area contributed by atoms with Crippen molar-refractivity contribution in [2.24, 2.45) is 0 Å². The van der Waals surface area contributed by atoms with Gasteiger partial charge in [-0.05, 0) is 29.1 Å². The second kappa shape index (κ2) is 5.68. The molecule has 2 N–H and O–H groups in total. The molecule has 20 heavy (non-hydrogen) atoms. The first kappa shape index (κ1) is 13.8. The fraction of sp³-hybridized carbons (Fsp3) is 0.0667. The van der Waals surface area contributed by atoms with Crippen LogP contribution in [0.1, 0.15) is 5.56 Å². The second-order valence-electron chi connectivity index (χ2n) is 4.46. The van der Waals surface area contributed by atoms with Gasteiger partial charge in [0, 0.05) is 17.2 Å². The minimum atomic E-state index is 0.600. The second-order valence-corrected chi connectivity index (χ2v) is 6.19. The van der Waals surface area contributed by atoms with Crippen LogP contribution in [-0.4, -0.2) is 4.98 Å². The highest BCUT2D eigenvalue weighted by molar-refractivity contribution is 9.10. The quantitative estimate of drug-likeness (QED) is 0.595. The molecule has 0 aliphatic heterocycles. The maximum Gasteiger partial charge on any atom is 0.0722 e. The predicted molar refractivity (Wildman–Crippen MR) is 89.8 cm³/mol. The van der Waals surface area contributed by atoms with Gasteiger partial charge in [-0.1, -0.05) is 57.3 Å². The molecular formula is C15H11BrCl2N2. The third-order valence-corrected chi connectivity index (χ3v) is 4.19. The summed E-state index contributed by atoms with van der Waals surface area (Å²) in [5.41, 5.74) is 3.05. The average Bonchev–Trinajstić information content (AvgIpc) is 2.86. The molecule has 0 radical (unpaired) electrons. The summed E-state index contributed by atoms with van der Waals surface area (Å²) < 4.78 is 0.865. The third-order valence-electron chi connectivity index (χ3n) is 3.14. The lowest BCUT2D eigenvalue weighted by molar-refractivity contribution is 1.16. The Morgan fingerprint density at radius 3 is 2.60 bits per heavy atom. The van der Waals surface area contributed by atoms with Gasteiger partial charge in [0.2, 0.25) is 0 Å². The van der Waals surface area contributed by atoms with E-state index in [9.17, 15) is 0 Å². The number of hydrogen-bond donors (Lipinski definition) is 2. The van der Waals surface area contributed by atoms with Gasteiger partial charge in [-0.3, -0.25) is 0 Å². The normalized spacial score (nSPS) is 10.9. The van der Waals surface area contributed by atoms with E-state index in [0.717, 1.165) is 15.7 Å². The number of rotatable bonds is 3. The van der Waals surface area contributed by atoms with Crippen molar-refractivity contribution in [3.05, 3.63) is 62.7 Å². The van der Waals surface area contributed by atoms with Crippen molar-refractivity contribution < 1.29 is 0 Å². The van der Waals surface area contributed by atoms with Crippen LogP contribution in [0, 0.1) is 0 Å². The minimum Gasteiger partial charge on any atom is -0.378 e. The third kappa shape index (κ3) is 2.66. The smallest absolute Gasteiger partial charge is 0.0722 e. The van der Waals surface area contributed by atoms with Crippen molar-refractivity contribution in [1.82, 2.24) is 4.98 Å². The lowest BCUT2D eigenvalue weighted by Gasteiger charge is -2.11. The lowest BCUT2D eigenvalue weighted by Crippen LogP contribution is -2.01. The van der Waals surface area contributed by atoms with E-state index in [1.54, 1.807) is 0 Å². The summed E-state index contributed by atoms with van der Waals surface area (Å²) in [4.78, 5) is 3.25. The molecule has 0 fully saturated rings. The van der Waals surface area contributed by atoms with Crippen LogP contribution in [0.2, 0.25) is 10.0 Å². The number of aromatic amines is 1. The monoisotopic (exact) mass is 368 g/mol. The molecule has 2 aromatic carbocycles. The molecule has 3 rings (SSSR count). The van der Waals surface area contributed by atoms with Crippen LogP contribution in [0.15, 0.2) is 47.1 Å². The van der Waals surface area contributed by atoms with Crippen molar-refractivity contribution in [2.75, 3.05) is 5.32 Å². The van der Waals surface area contributed by atoms with Crippen molar-refractivity contribution in [1.29, 1.82) is 0 Å². The van der Waals surface area contributed by atoms with Gasteiger partial charge in [-0.15, -0.1) is 0 Å². The molecular weight excluding hydrogens is 359 g/mol. The maximum absolute atomic E-state index is 6.21. The lowest BCUT2D eigenvalue weighted by atomic mass is 10.1. The van der Waals surface area contributed by atoms with Crippen LogP contribution >= 0.6 is 39.1 Å². The highest BCUT2D eigenvalue weighted by Gasteiger charge is 2.08. The molecule has 0 aliphatic rings. The molecule has 0 spiro atoms. The number of para-hydroxylation sites is 1. The summed E-state index contributed by atoms with van der Waals surface area (Å²) in [6, 6.07) is 11.9. The Labute approximate surface area is 135 Å². The van der Waals surface area contributed by atoms with Crippen LogP contribution in [-0.2, 0) is 6.54 Å². The first-order valence-corrected chi connectivity index (χ1v) is 7.63. The molecule has 2 nitrogen and oxygen atoms in total. The van der Waals surface area contributed by atoms with Crippen LogP contribution in [0.4, 0.5) is 5.69 Å². The van der Waals surface area contributed by atoms with Crippen molar-refractivity contribution in [3.8, 4) is 0 Å². The van der Waals surface area contributed by atoms with Crippen molar-refractivity contribution in [2.45, 2.75) is 6.54 Å². The minimum absolute atomic E-state index is 0.600. The predicted octanol–water partition coefficient (Wildman–Crippen LogP) is 5.85. The number of H-pyrrole nitrogens is 1. The van der Waals surface area contributed by atoms with Gasteiger partial charge < -0.3 is 10.3 Å². The molecule has 102 valence electrons. The zero-order valence-electron chi connectivity index (χ0n) is 10.4. The highest BCUT2D eigenvalue weighted by atomic mass is 79.9. The number of anilines is 1. The molecule has 0 aliphatic carbocycles. The maximum atomic E-state index is 6.21. The van der Waals surface area contributed by atoms with Crippen LogP contribution in [0.3, 0.4) is 0 Å². The van der Waals surface area contributed by atoms with Crippen LogP contribution in [0.25, 0.3) is 10.9 Å². The number of hydrogen-bond acceptors (Lipinski definition) is 1. The molecule has 0 amide bonds. The van der Waals surface area contributed by atoms with E-state index in [2.05, 4.69) is 44.4 Å². The van der Waals surface area contributed by atoms with Gasteiger partial charge in [-0.2, -0.15) is 0 Å². The van der Waals surface area contributed by atoms with Crippen LogP contribution in [0.5, 0.6) is 0 Å². The summed E-state index contributed by atoms with van der Waals surface area (Å²) in [7, 11) is 0. The Kier molecular flexibility index (Phi) is 3.92. The largest absolute Gasteiger partial charge is 0.378 e. The van der Waals surface area contributed by atoms with E-state index in [1.807, 2.05) is 24.4 Å². The highest BCUT2D eigenvalue weighted by Crippen LogP contribution is 2.34. The molecule has 5 heteroatoms.